The second-order valence-electron chi connectivity index (χ2n) is 4.71. The first-order chi connectivity index (χ1) is 11.0. The molecule has 0 bridgehead atoms. The highest BCUT2D eigenvalue weighted by Gasteiger charge is 2.37. The first-order valence-corrected chi connectivity index (χ1v) is 6.64. The van der Waals surface area contributed by atoms with E-state index in [0.29, 0.717) is 16.9 Å². The van der Waals surface area contributed by atoms with Crippen LogP contribution in [-0.2, 0) is 12.7 Å². The van der Waals surface area contributed by atoms with E-state index in [2.05, 4.69) is 20.6 Å². The molecule has 0 amide bonds. The number of fused-ring (bicyclic) bond motifs is 1. The molecule has 1 aromatic carbocycles. The number of rotatable bonds is 4. The lowest BCUT2D eigenvalue weighted by atomic mass is 10.2. The third-order valence-corrected chi connectivity index (χ3v) is 3.15. The van der Waals surface area contributed by atoms with Crippen LogP contribution < -0.4 is 10.1 Å². The van der Waals surface area contributed by atoms with Gasteiger partial charge in [0.2, 0.25) is 0 Å². The number of hydrogen-bond donors (Lipinski definition) is 1. The van der Waals surface area contributed by atoms with Crippen LogP contribution in [0.5, 0.6) is 5.75 Å². The Morgan fingerprint density at radius 3 is 2.48 bits per heavy atom. The van der Waals surface area contributed by atoms with E-state index in [0.717, 1.165) is 11.3 Å². The van der Waals surface area contributed by atoms with Gasteiger partial charge in [-0.3, -0.25) is 0 Å². The number of halogens is 3. The molecule has 0 radical (unpaired) electrons. The van der Waals surface area contributed by atoms with Gasteiger partial charge in [-0.25, -0.2) is 0 Å². The van der Waals surface area contributed by atoms with Crippen molar-refractivity contribution in [2.45, 2.75) is 12.7 Å². The maximum absolute atomic E-state index is 12.8. The van der Waals surface area contributed by atoms with E-state index in [4.69, 9.17) is 4.74 Å². The molecule has 0 atom stereocenters. The van der Waals surface area contributed by atoms with Gasteiger partial charge in [0.1, 0.15) is 11.6 Å². The average Bonchev–Trinajstić information content (AvgIpc) is 2.96. The van der Waals surface area contributed by atoms with Gasteiger partial charge in [-0.05, 0) is 29.8 Å². The largest absolute Gasteiger partial charge is 0.497 e. The zero-order chi connectivity index (χ0) is 16.4. The molecule has 3 aromatic rings. The molecule has 0 unspecified atom stereocenters. The first kappa shape index (κ1) is 15.1. The van der Waals surface area contributed by atoms with Crippen LogP contribution in [0.2, 0.25) is 0 Å². The van der Waals surface area contributed by atoms with E-state index in [9.17, 15) is 13.2 Å². The molecule has 23 heavy (non-hydrogen) atoms. The Bertz CT molecular complexity index is 813. The molecule has 0 aliphatic heterocycles. The van der Waals surface area contributed by atoms with Crippen LogP contribution in [0, 0.1) is 0 Å². The second kappa shape index (κ2) is 5.75. The van der Waals surface area contributed by atoms with Crippen molar-refractivity contribution in [2.75, 3.05) is 12.4 Å². The summed E-state index contributed by atoms with van der Waals surface area (Å²) in [4.78, 5) is 0. The molecule has 0 fully saturated rings. The Morgan fingerprint density at radius 1 is 1.09 bits per heavy atom. The molecule has 6 nitrogen and oxygen atoms in total. The fourth-order valence-corrected chi connectivity index (χ4v) is 2.00. The summed E-state index contributed by atoms with van der Waals surface area (Å²) in [5.41, 5.74) is 0.972. The number of nitrogens with one attached hydrogen (secondary N) is 1. The summed E-state index contributed by atoms with van der Waals surface area (Å²) in [5, 5.41) is 13.4. The summed E-state index contributed by atoms with van der Waals surface area (Å²) in [6, 6.07) is 10.3. The molecule has 9 heteroatoms. The fourth-order valence-electron chi connectivity index (χ4n) is 2.00. The minimum absolute atomic E-state index is 0.0346. The summed E-state index contributed by atoms with van der Waals surface area (Å²) in [6.45, 7) is 0.409. The molecule has 0 saturated heterocycles. The van der Waals surface area contributed by atoms with Gasteiger partial charge in [-0.2, -0.15) is 17.7 Å². The average molecular weight is 323 g/mol. The molecule has 0 aliphatic rings. The minimum atomic E-state index is -4.61. The zero-order valence-corrected chi connectivity index (χ0v) is 12.0. The number of benzene rings is 1. The van der Waals surface area contributed by atoms with Crippen LogP contribution in [0.1, 0.15) is 11.4 Å². The highest BCUT2D eigenvalue weighted by molar-refractivity contribution is 5.44. The molecule has 120 valence electrons. The maximum Gasteiger partial charge on any atom is 0.453 e. The van der Waals surface area contributed by atoms with E-state index < -0.39 is 12.0 Å². The monoisotopic (exact) mass is 323 g/mol. The first-order valence-electron chi connectivity index (χ1n) is 6.64. The molecular formula is C14H12F3N5O. The van der Waals surface area contributed by atoms with Gasteiger partial charge >= 0.3 is 6.18 Å². The molecule has 0 spiro atoms. The van der Waals surface area contributed by atoms with Crippen LogP contribution in [0.15, 0.2) is 36.4 Å². The Labute approximate surface area is 128 Å². The highest BCUT2D eigenvalue weighted by atomic mass is 19.4. The van der Waals surface area contributed by atoms with Crippen molar-refractivity contribution in [1.82, 2.24) is 19.8 Å². The van der Waals surface area contributed by atoms with Crippen LogP contribution in [-0.4, -0.2) is 26.9 Å². The molecule has 2 heterocycles. The highest BCUT2D eigenvalue weighted by Crippen LogP contribution is 2.27. The van der Waals surface area contributed by atoms with Crippen LogP contribution in [0.4, 0.5) is 19.0 Å². The minimum Gasteiger partial charge on any atom is -0.497 e. The Hall–Kier alpha value is -2.84. The standard InChI is InChI=1S/C14H12F3N5O/c1-23-10-4-2-9(3-5-10)8-18-11-6-7-12-19-20-13(14(15,16)17)22(12)21-11/h2-7H,8H2,1H3,(H,18,21). The van der Waals surface area contributed by atoms with Crippen molar-refractivity contribution in [3.63, 3.8) is 0 Å². The number of methoxy groups -OCH3 is 1. The number of aromatic nitrogens is 4. The smallest absolute Gasteiger partial charge is 0.453 e. The van der Waals surface area contributed by atoms with E-state index in [1.165, 1.54) is 6.07 Å². The number of ether oxygens (including phenoxy) is 1. The predicted molar refractivity (Wildman–Crippen MR) is 76.1 cm³/mol. The summed E-state index contributed by atoms with van der Waals surface area (Å²) >= 11 is 0. The molecule has 3 rings (SSSR count). The van der Waals surface area contributed by atoms with Crippen molar-refractivity contribution < 1.29 is 17.9 Å². The lowest BCUT2D eigenvalue weighted by Crippen LogP contribution is -2.13. The van der Waals surface area contributed by atoms with Crippen molar-refractivity contribution in [3.05, 3.63) is 47.8 Å². The van der Waals surface area contributed by atoms with Gasteiger partial charge in [0.25, 0.3) is 5.82 Å². The van der Waals surface area contributed by atoms with Crippen molar-refractivity contribution in [3.8, 4) is 5.75 Å². The van der Waals surface area contributed by atoms with Gasteiger partial charge < -0.3 is 10.1 Å². The molecule has 1 N–H and O–H groups in total. The number of alkyl halides is 3. The predicted octanol–water partition coefficient (Wildman–Crippen LogP) is 2.76. The maximum atomic E-state index is 12.8. The van der Waals surface area contributed by atoms with Gasteiger partial charge in [0, 0.05) is 6.54 Å². The Kier molecular flexibility index (Phi) is 3.77. The van der Waals surface area contributed by atoms with Gasteiger partial charge in [0.05, 0.1) is 7.11 Å². The van der Waals surface area contributed by atoms with E-state index in [1.54, 1.807) is 25.3 Å². The molecule has 2 aromatic heterocycles. The summed E-state index contributed by atoms with van der Waals surface area (Å²) in [5.74, 6) is -0.133. The topological polar surface area (TPSA) is 64.3 Å². The normalized spacial score (nSPS) is 11.7. The van der Waals surface area contributed by atoms with E-state index >= 15 is 0 Å². The molecule has 0 aliphatic carbocycles. The van der Waals surface area contributed by atoms with Gasteiger partial charge in [0.15, 0.2) is 5.65 Å². The lowest BCUT2D eigenvalue weighted by molar-refractivity contribution is -0.146. The van der Waals surface area contributed by atoms with Crippen molar-refractivity contribution >= 4 is 11.5 Å². The van der Waals surface area contributed by atoms with Crippen LogP contribution in [0.25, 0.3) is 5.65 Å². The number of hydrogen-bond acceptors (Lipinski definition) is 5. The molecule has 0 saturated carbocycles. The van der Waals surface area contributed by atoms with Crippen molar-refractivity contribution in [2.24, 2.45) is 0 Å². The lowest BCUT2D eigenvalue weighted by Gasteiger charge is -2.08. The SMILES string of the molecule is COc1ccc(CNc2ccc3nnc(C(F)(F)F)n3n2)cc1. The van der Waals surface area contributed by atoms with Crippen molar-refractivity contribution in [1.29, 1.82) is 0 Å². The van der Waals surface area contributed by atoms with Gasteiger partial charge in [-0.1, -0.05) is 12.1 Å². The summed E-state index contributed by atoms with van der Waals surface area (Å²) in [7, 11) is 1.57. The zero-order valence-electron chi connectivity index (χ0n) is 12.0. The van der Waals surface area contributed by atoms with E-state index in [1.807, 2.05) is 12.1 Å². The van der Waals surface area contributed by atoms with Crippen LogP contribution >= 0.6 is 0 Å². The Balaban J connectivity index is 1.80. The van der Waals surface area contributed by atoms with Gasteiger partial charge in [-0.15, -0.1) is 15.3 Å². The Morgan fingerprint density at radius 2 is 1.83 bits per heavy atom. The van der Waals surface area contributed by atoms with E-state index in [-0.39, 0.29) is 5.65 Å². The quantitative estimate of drug-likeness (QED) is 0.800. The third-order valence-electron chi connectivity index (χ3n) is 3.15. The van der Waals surface area contributed by atoms with Crippen LogP contribution in [0.3, 0.4) is 0 Å². The summed E-state index contributed by atoms with van der Waals surface area (Å²) < 4.78 is 44.2. The number of anilines is 1. The fraction of sp³-hybridized carbons (Fsp3) is 0.214. The number of nitrogens with zero attached hydrogens (tertiary/aromatic N) is 4. The third kappa shape index (κ3) is 3.17. The summed E-state index contributed by atoms with van der Waals surface area (Å²) in [6.07, 6.45) is -4.61. The second-order valence-corrected chi connectivity index (χ2v) is 4.71. The molecular weight excluding hydrogens is 311 g/mol.